The maximum Gasteiger partial charge on any atom is 0.228 e. The molecule has 0 spiro atoms. The van der Waals surface area contributed by atoms with Crippen LogP contribution >= 0.6 is 0 Å². The number of nitrogens with one attached hydrogen (secondary N) is 1. The van der Waals surface area contributed by atoms with E-state index >= 15 is 0 Å². The number of fused-ring (bicyclic) bond motifs is 1. The Morgan fingerprint density at radius 1 is 1.54 bits per heavy atom. The van der Waals surface area contributed by atoms with Gasteiger partial charge in [0.05, 0.1) is 12.6 Å². The summed E-state index contributed by atoms with van der Waals surface area (Å²) in [6.07, 6.45) is 2.00. The number of nitrogens with zero attached hydrogens (tertiary/aromatic N) is 1. The Hall–Kier alpha value is -1.84. The number of hydrogen-bond donors (Lipinski definition) is 2. The van der Waals surface area contributed by atoms with Crippen molar-refractivity contribution in [3.8, 4) is 0 Å². The molecule has 0 radical (unpaired) electrons. The molecular weight excluding hydrogens is 166 g/mol. The lowest BCUT2D eigenvalue weighted by Crippen LogP contribution is -2.03. The fourth-order valence-electron chi connectivity index (χ4n) is 1.42. The monoisotopic (exact) mass is 175 g/mol. The summed E-state index contributed by atoms with van der Waals surface area (Å²) in [5, 5.41) is 6.17. The van der Waals surface area contributed by atoms with Crippen molar-refractivity contribution in [1.29, 1.82) is 0 Å². The summed E-state index contributed by atoms with van der Waals surface area (Å²) in [5.41, 5.74) is 2.80. The molecule has 3 N–H and O–H groups in total. The van der Waals surface area contributed by atoms with E-state index in [2.05, 4.69) is 10.4 Å². The molecule has 1 aliphatic heterocycles. The van der Waals surface area contributed by atoms with Crippen LogP contribution in [0.5, 0.6) is 0 Å². The highest BCUT2D eigenvalue weighted by Crippen LogP contribution is 2.22. The predicted octanol–water partition coefficient (Wildman–Crippen LogP) is 0.474. The average Bonchev–Trinajstić information content (AvgIpc) is 2.44. The summed E-state index contributed by atoms with van der Waals surface area (Å²) in [4.78, 5) is 11.0. The standard InChI is InChI=1S/C9H9N3O/c10-11-5-6-1-2-8-7(3-6)4-9(13)12-8/h1-3,5H,4,10H2,(H,12,13). The van der Waals surface area contributed by atoms with Gasteiger partial charge in [-0.1, -0.05) is 6.07 Å². The number of anilines is 1. The molecular formula is C9H9N3O. The topological polar surface area (TPSA) is 67.5 Å². The van der Waals surface area contributed by atoms with Gasteiger partial charge in [-0.15, -0.1) is 0 Å². The van der Waals surface area contributed by atoms with Crippen LogP contribution in [0.25, 0.3) is 0 Å². The first-order valence-electron chi connectivity index (χ1n) is 3.95. The first-order chi connectivity index (χ1) is 6.29. The molecule has 4 nitrogen and oxygen atoms in total. The van der Waals surface area contributed by atoms with E-state index in [9.17, 15) is 4.79 Å². The Labute approximate surface area is 75.4 Å². The summed E-state index contributed by atoms with van der Waals surface area (Å²) < 4.78 is 0. The number of carbonyl (C=O) groups is 1. The van der Waals surface area contributed by atoms with Crippen molar-refractivity contribution in [3.05, 3.63) is 29.3 Å². The summed E-state index contributed by atoms with van der Waals surface area (Å²) in [6.45, 7) is 0. The van der Waals surface area contributed by atoms with E-state index in [1.807, 2.05) is 18.2 Å². The van der Waals surface area contributed by atoms with Gasteiger partial charge in [-0.25, -0.2) is 0 Å². The van der Waals surface area contributed by atoms with E-state index in [0.29, 0.717) is 6.42 Å². The van der Waals surface area contributed by atoms with Crippen molar-refractivity contribution < 1.29 is 4.79 Å². The number of hydrazone groups is 1. The minimum absolute atomic E-state index is 0.0387. The SMILES string of the molecule is NN=Cc1ccc2c(c1)CC(=O)N2. The molecule has 1 aliphatic rings. The van der Waals surface area contributed by atoms with E-state index in [1.54, 1.807) is 6.21 Å². The number of hydrogen-bond acceptors (Lipinski definition) is 3. The molecule has 0 atom stereocenters. The van der Waals surface area contributed by atoms with Crippen LogP contribution in [0.3, 0.4) is 0 Å². The van der Waals surface area contributed by atoms with E-state index in [1.165, 1.54) is 0 Å². The zero-order chi connectivity index (χ0) is 9.26. The van der Waals surface area contributed by atoms with Crippen molar-refractivity contribution in [3.63, 3.8) is 0 Å². The Balaban J connectivity index is 2.39. The van der Waals surface area contributed by atoms with E-state index in [4.69, 9.17) is 5.84 Å². The van der Waals surface area contributed by atoms with Crippen LogP contribution < -0.4 is 11.2 Å². The maximum atomic E-state index is 11.0. The van der Waals surface area contributed by atoms with Crippen molar-refractivity contribution >= 4 is 17.8 Å². The molecule has 0 saturated carbocycles. The normalized spacial score (nSPS) is 14.6. The van der Waals surface area contributed by atoms with Crippen LogP contribution in [0.1, 0.15) is 11.1 Å². The number of carbonyl (C=O) groups excluding carboxylic acids is 1. The highest BCUT2D eigenvalue weighted by atomic mass is 16.1. The quantitative estimate of drug-likeness (QED) is 0.370. The van der Waals surface area contributed by atoms with Gasteiger partial charge in [0.2, 0.25) is 5.91 Å². The minimum atomic E-state index is 0.0387. The molecule has 1 aromatic rings. The first-order valence-corrected chi connectivity index (χ1v) is 3.95. The van der Waals surface area contributed by atoms with E-state index in [0.717, 1.165) is 16.8 Å². The lowest BCUT2D eigenvalue weighted by Gasteiger charge is -1.98. The first kappa shape index (κ1) is 7.79. The van der Waals surface area contributed by atoms with Crippen LogP contribution in [-0.4, -0.2) is 12.1 Å². The van der Waals surface area contributed by atoms with E-state index in [-0.39, 0.29) is 5.91 Å². The Morgan fingerprint density at radius 2 is 2.38 bits per heavy atom. The molecule has 0 fully saturated rings. The van der Waals surface area contributed by atoms with Crippen LogP contribution in [0.15, 0.2) is 23.3 Å². The summed E-state index contributed by atoms with van der Waals surface area (Å²) in [6, 6.07) is 5.63. The molecule has 0 bridgehead atoms. The van der Waals surface area contributed by atoms with Crippen molar-refractivity contribution in [2.75, 3.05) is 5.32 Å². The average molecular weight is 175 g/mol. The van der Waals surface area contributed by atoms with Crippen LogP contribution in [0, 0.1) is 0 Å². The second-order valence-corrected chi connectivity index (χ2v) is 2.92. The van der Waals surface area contributed by atoms with Gasteiger partial charge >= 0.3 is 0 Å². The molecule has 1 heterocycles. The fraction of sp³-hybridized carbons (Fsp3) is 0.111. The van der Waals surface area contributed by atoms with Gasteiger partial charge < -0.3 is 11.2 Å². The molecule has 0 aromatic heterocycles. The summed E-state index contributed by atoms with van der Waals surface area (Å²) >= 11 is 0. The van der Waals surface area contributed by atoms with Gasteiger partial charge in [0.15, 0.2) is 0 Å². The zero-order valence-electron chi connectivity index (χ0n) is 6.95. The third-order valence-corrected chi connectivity index (χ3v) is 1.98. The van der Waals surface area contributed by atoms with Crippen molar-refractivity contribution in [1.82, 2.24) is 0 Å². The smallest absolute Gasteiger partial charge is 0.228 e. The van der Waals surface area contributed by atoms with Crippen molar-refractivity contribution in [2.45, 2.75) is 6.42 Å². The summed E-state index contributed by atoms with van der Waals surface area (Å²) in [7, 11) is 0. The third-order valence-electron chi connectivity index (χ3n) is 1.98. The second kappa shape index (κ2) is 2.90. The van der Waals surface area contributed by atoms with Gasteiger partial charge in [-0.3, -0.25) is 4.79 Å². The largest absolute Gasteiger partial charge is 0.326 e. The number of amides is 1. The fourth-order valence-corrected chi connectivity index (χ4v) is 1.42. The molecule has 2 rings (SSSR count). The number of benzene rings is 1. The molecule has 0 aliphatic carbocycles. The second-order valence-electron chi connectivity index (χ2n) is 2.92. The van der Waals surface area contributed by atoms with Gasteiger partial charge in [0.1, 0.15) is 0 Å². The molecule has 66 valence electrons. The van der Waals surface area contributed by atoms with E-state index < -0.39 is 0 Å². The third kappa shape index (κ3) is 1.38. The highest BCUT2D eigenvalue weighted by molar-refractivity contribution is 5.99. The lowest BCUT2D eigenvalue weighted by molar-refractivity contribution is -0.115. The zero-order valence-corrected chi connectivity index (χ0v) is 6.95. The minimum Gasteiger partial charge on any atom is -0.326 e. The van der Waals surface area contributed by atoms with Gasteiger partial charge in [-0.2, -0.15) is 5.10 Å². The molecule has 1 amide bonds. The number of rotatable bonds is 1. The molecule has 4 heteroatoms. The molecule has 1 aromatic carbocycles. The van der Waals surface area contributed by atoms with Crippen LogP contribution in [0.2, 0.25) is 0 Å². The lowest BCUT2D eigenvalue weighted by atomic mass is 10.1. The Bertz CT molecular complexity index is 384. The van der Waals surface area contributed by atoms with Gasteiger partial charge in [-0.05, 0) is 23.3 Å². The van der Waals surface area contributed by atoms with Crippen molar-refractivity contribution in [2.24, 2.45) is 10.9 Å². The molecule has 0 unspecified atom stereocenters. The molecule has 13 heavy (non-hydrogen) atoms. The molecule has 0 saturated heterocycles. The van der Waals surface area contributed by atoms with Gasteiger partial charge in [0, 0.05) is 5.69 Å². The number of nitrogens with two attached hydrogens (primary N) is 1. The van der Waals surface area contributed by atoms with Crippen LogP contribution in [-0.2, 0) is 11.2 Å². The Kier molecular flexibility index (Phi) is 1.73. The Morgan fingerprint density at radius 3 is 3.15 bits per heavy atom. The van der Waals surface area contributed by atoms with Gasteiger partial charge in [0.25, 0.3) is 0 Å². The maximum absolute atomic E-state index is 11.0. The summed E-state index contributed by atoms with van der Waals surface area (Å²) in [5.74, 6) is 5.06. The van der Waals surface area contributed by atoms with Crippen LogP contribution in [0.4, 0.5) is 5.69 Å². The predicted molar refractivity (Wildman–Crippen MR) is 50.6 cm³/mol. The highest BCUT2D eigenvalue weighted by Gasteiger charge is 2.16.